The highest BCUT2D eigenvalue weighted by Crippen LogP contribution is 2.17. The van der Waals surface area contributed by atoms with Crippen LogP contribution in [0.4, 0.5) is 0 Å². The standard InChI is InChI=1S/C14H30N2/c1-5-12(2)9-10-13(3)7-6-8-14(4)11-16-15/h6,8,12-14,16H,5,7,9-11,15H2,1-4H3/b8-6-/t12?,13?,14-/m0/s1. The van der Waals surface area contributed by atoms with E-state index in [1.165, 1.54) is 25.7 Å². The van der Waals surface area contributed by atoms with E-state index < -0.39 is 0 Å². The van der Waals surface area contributed by atoms with Crippen molar-refractivity contribution in [3.05, 3.63) is 12.2 Å². The lowest BCUT2D eigenvalue weighted by Crippen LogP contribution is -2.26. The summed E-state index contributed by atoms with van der Waals surface area (Å²) < 4.78 is 0. The molecule has 0 rings (SSSR count). The molecule has 0 bridgehead atoms. The van der Waals surface area contributed by atoms with Gasteiger partial charge in [0.25, 0.3) is 0 Å². The van der Waals surface area contributed by atoms with E-state index in [4.69, 9.17) is 5.84 Å². The first-order valence-electron chi connectivity index (χ1n) is 6.70. The molecule has 2 heteroatoms. The van der Waals surface area contributed by atoms with Crippen molar-refractivity contribution in [3.63, 3.8) is 0 Å². The van der Waals surface area contributed by atoms with Gasteiger partial charge in [-0.1, -0.05) is 59.1 Å². The summed E-state index contributed by atoms with van der Waals surface area (Å²) in [5.41, 5.74) is 2.70. The largest absolute Gasteiger partial charge is 0.271 e. The maximum atomic E-state index is 5.27. The Morgan fingerprint density at radius 2 is 1.75 bits per heavy atom. The van der Waals surface area contributed by atoms with Crippen LogP contribution in [0.15, 0.2) is 12.2 Å². The van der Waals surface area contributed by atoms with Crippen molar-refractivity contribution in [3.8, 4) is 0 Å². The Balaban J connectivity index is 3.59. The zero-order chi connectivity index (χ0) is 12.4. The molecule has 0 aromatic heterocycles. The summed E-state index contributed by atoms with van der Waals surface area (Å²) in [7, 11) is 0. The Labute approximate surface area is 102 Å². The van der Waals surface area contributed by atoms with Gasteiger partial charge in [0, 0.05) is 6.54 Å². The van der Waals surface area contributed by atoms with Gasteiger partial charge < -0.3 is 0 Å². The minimum Gasteiger partial charge on any atom is -0.271 e. The molecule has 0 fully saturated rings. The lowest BCUT2D eigenvalue weighted by molar-refractivity contribution is 0.424. The molecule has 16 heavy (non-hydrogen) atoms. The smallest absolute Gasteiger partial charge is 0.0158 e. The summed E-state index contributed by atoms with van der Waals surface area (Å²) in [6.45, 7) is 10.0. The zero-order valence-corrected chi connectivity index (χ0v) is 11.5. The average Bonchev–Trinajstić information content (AvgIpc) is 2.26. The fourth-order valence-electron chi connectivity index (χ4n) is 1.69. The highest BCUT2D eigenvalue weighted by Gasteiger charge is 2.04. The van der Waals surface area contributed by atoms with Crippen molar-refractivity contribution in [1.29, 1.82) is 0 Å². The normalized spacial score (nSPS) is 17.6. The van der Waals surface area contributed by atoms with Crippen LogP contribution in [0.5, 0.6) is 0 Å². The van der Waals surface area contributed by atoms with Crippen LogP contribution in [-0.2, 0) is 0 Å². The average molecular weight is 226 g/mol. The molecule has 3 atom stereocenters. The summed E-state index contributed by atoms with van der Waals surface area (Å²) in [4.78, 5) is 0. The van der Waals surface area contributed by atoms with Gasteiger partial charge in [-0.25, -0.2) is 0 Å². The molecule has 0 saturated heterocycles. The van der Waals surface area contributed by atoms with Gasteiger partial charge in [0.15, 0.2) is 0 Å². The SMILES string of the molecule is CCC(C)CCC(C)C/C=C\[C@H](C)CNN. The van der Waals surface area contributed by atoms with E-state index in [9.17, 15) is 0 Å². The van der Waals surface area contributed by atoms with E-state index >= 15 is 0 Å². The predicted octanol–water partition coefficient (Wildman–Crippen LogP) is 3.49. The quantitative estimate of drug-likeness (QED) is 0.359. The molecule has 2 nitrogen and oxygen atoms in total. The molecular formula is C14H30N2. The summed E-state index contributed by atoms with van der Waals surface area (Å²) in [5.74, 6) is 7.50. The Morgan fingerprint density at radius 3 is 2.31 bits per heavy atom. The van der Waals surface area contributed by atoms with Gasteiger partial charge in [-0.3, -0.25) is 11.3 Å². The topological polar surface area (TPSA) is 38.0 Å². The third-order valence-corrected chi connectivity index (χ3v) is 3.29. The number of rotatable bonds is 9. The maximum Gasteiger partial charge on any atom is 0.0158 e. The molecule has 0 aromatic carbocycles. The fraction of sp³-hybridized carbons (Fsp3) is 0.857. The molecule has 0 heterocycles. The Morgan fingerprint density at radius 1 is 1.12 bits per heavy atom. The summed E-state index contributed by atoms with van der Waals surface area (Å²) >= 11 is 0. The minimum absolute atomic E-state index is 0.534. The number of hydrazine groups is 1. The highest BCUT2D eigenvalue weighted by atomic mass is 15.2. The van der Waals surface area contributed by atoms with Crippen LogP contribution in [0.2, 0.25) is 0 Å². The summed E-state index contributed by atoms with van der Waals surface area (Å²) in [6.07, 6.45) is 9.80. The molecule has 0 aromatic rings. The Kier molecular flexibility index (Phi) is 9.65. The molecule has 0 saturated carbocycles. The minimum atomic E-state index is 0.534. The second kappa shape index (κ2) is 9.86. The van der Waals surface area contributed by atoms with Crippen molar-refractivity contribution in [2.24, 2.45) is 23.6 Å². The van der Waals surface area contributed by atoms with Crippen LogP contribution in [0.1, 0.15) is 53.4 Å². The lowest BCUT2D eigenvalue weighted by atomic mass is 9.94. The number of nitrogens with one attached hydrogen (secondary N) is 1. The highest BCUT2D eigenvalue weighted by molar-refractivity contribution is 4.88. The maximum absolute atomic E-state index is 5.27. The van der Waals surface area contributed by atoms with Gasteiger partial charge in [0.2, 0.25) is 0 Å². The third kappa shape index (κ3) is 8.93. The van der Waals surface area contributed by atoms with Crippen molar-refractivity contribution in [1.82, 2.24) is 5.43 Å². The summed E-state index contributed by atoms with van der Waals surface area (Å²) in [5, 5.41) is 0. The van der Waals surface area contributed by atoms with Crippen LogP contribution in [-0.4, -0.2) is 6.54 Å². The number of nitrogens with two attached hydrogens (primary N) is 1. The molecule has 0 aliphatic carbocycles. The van der Waals surface area contributed by atoms with Gasteiger partial charge in [-0.05, 0) is 24.2 Å². The van der Waals surface area contributed by atoms with Crippen LogP contribution in [0.3, 0.4) is 0 Å². The molecule has 3 N–H and O–H groups in total. The number of hydrogen-bond donors (Lipinski definition) is 2. The van der Waals surface area contributed by atoms with Crippen LogP contribution < -0.4 is 11.3 Å². The predicted molar refractivity (Wildman–Crippen MR) is 73.0 cm³/mol. The van der Waals surface area contributed by atoms with E-state index in [2.05, 4.69) is 45.3 Å². The van der Waals surface area contributed by atoms with E-state index in [0.29, 0.717) is 5.92 Å². The molecule has 96 valence electrons. The van der Waals surface area contributed by atoms with Gasteiger partial charge in [-0.15, -0.1) is 0 Å². The number of hydrogen-bond acceptors (Lipinski definition) is 2. The summed E-state index contributed by atoms with van der Waals surface area (Å²) in [6, 6.07) is 0. The van der Waals surface area contributed by atoms with Gasteiger partial charge >= 0.3 is 0 Å². The molecule has 2 unspecified atom stereocenters. The Bertz CT molecular complexity index is 178. The van der Waals surface area contributed by atoms with E-state index in [-0.39, 0.29) is 0 Å². The first-order valence-corrected chi connectivity index (χ1v) is 6.70. The Hall–Kier alpha value is -0.340. The molecule has 0 aliphatic rings. The van der Waals surface area contributed by atoms with Crippen molar-refractivity contribution in [2.75, 3.05) is 6.54 Å². The van der Waals surface area contributed by atoms with E-state index in [1.807, 2.05) is 0 Å². The van der Waals surface area contributed by atoms with Gasteiger partial charge in [0.1, 0.15) is 0 Å². The van der Waals surface area contributed by atoms with Crippen molar-refractivity contribution >= 4 is 0 Å². The van der Waals surface area contributed by atoms with Crippen LogP contribution in [0, 0.1) is 17.8 Å². The molecular weight excluding hydrogens is 196 g/mol. The van der Waals surface area contributed by atoms with Crippen LogP contribution >= 0.6 is 0 Å². The van der Waals surface area contributed by atoms with E-state index in [1.54, 1.807) is 0 Å². The van der Waals surface area contributed by atoms with Crippen molar-refractivity contribution in [2.45, 2.75) is 53.4 Å². The third-order valence-electron chi connectivity index (χ3n) is 3.29. The molecule has 0 radical (unpaired) electrons. The van der Waals surface area contributed by atoms with E-state index in [0.717, 1.165) is 18.4 Å². The monoisotopic (exact) mass is 226 g/mol. The van der Waals surface area contributed by atoms with Crippen molar-refractivity contribution < 1.29 is 0 Å². The fourth-order valence-corrected chi connectivity index (χ4v) is 1.69. The first-order chi connectivity index (χ1) is 7.60. The zero-order valence-electron chi connectivity index (χ0n) is 11.5. The lowest BCUT2D eigenvalue weighted by Gasteiger charge is -2.12. The molecule has 0 aliphatic heterocycles. The first kappa shape index (κ1) is 15.7. The second-order valence-electron chi connectivity index (χ2n) is 5.25. The van der Waals surface area contributed by atoms with Crippen LogP contribution in [0.25, 0.3) is 0 Å². The second-order valence-corrected chi connectivity index (χ2v) is 5.25. The van der Waals surface area contributed by atoms with Gasteiger partial charge in [0.05, 0.1) is 0 Å². The molecule has 0 spiro atoms. The van der Waals surface area contributed by atoms with Gasteiger partial charge in [-0.2, -0.15) is 0 Å². The number of allylic oxidation sites excluding steroid dienone is 1. The molecule has 0 amide bonds.